The van der Waals surface area contributed by atoms with Crippen molar-refractivity contribution < 1.29 is 33.1 Å². The Bertz CT molecular complexity index is 2580. The summed E-state index contributed by atoms with van der Waals surface area (Å²) in [5, 5.41) is 2.95. The zero-order chi connectivity index (χ0) is 41.9. The molecule has 3 aromatic carbocycles. The Balaban J connectivity index is 1.22. The van der Waals surface area contributed by atoms with Gasteiger partial charge in [0.05, 0.1) is 35.4 Å². The van der Waals surface area contributed by atoms with Gasteiger partial charge >= 0.3 is 20.3 Å². The molecule has 5 heterocycles. The van der Waals surface area contributed by atoms with Gasteiger partial charge in [-0.2, -0.15) is 0 Å². The summed E-state index contributed by atoms with van der Waals surface area (Å²) >= 11 is 0. The van der Waals surface area contributed by atoms with Crippen molar-refractivity contribution in [1.82, 2.24) is 19.4 Å². The minimum Gasteiger partial charge on any atom is -0.534 e. The maximum Gasteiger partial charge on any atom is 0.355 e. The monoisotopic (exact) mass is 810 g/mol. The number of hydrogen-bond donors (Lipinski definition) is 0. The molecule has 0 aliphatic carbocycles. The van der Waals surface area contributed by atoms with Crippen molar-refractivity contribution in [3.05, 3.63) is 130 Å². The normalized spacial score (nSPS) is 17.3. The predicted octanol–water partition coefficient (Wildman–Crippen LogP) is 4.95. The van der Waals surface area contributed by atoms with Gasteiger partial charge in [0.15, 0.2) is 0 Å². The van der Waals surface area contributed by atoms with E-state index in [1.165, 1.54) is 0 Å². The van der Waals surface area contributed by atoms with Crippen LogP contribution in [-0.2, 0) is 53.9 Å². The number of cyclic esters (lactones) is 1. The summed E-state index contributed by atoms with van der Waals surface area (Å²) in [4.78, 5) is 73.5. The van der Waals surface area contributed by atoms with E-state index in [1.807, 2.05) is 38.4 Å². The maximum atomic E-state index is 14.3. The predicted molar refractivity (Wildman–Crippen MR) is 225 cm³/mol. The first-order valence-corrected chi connectivity index (χ1v) is 21.7. The van der Waals surface area contributed by atoms with E-state index in [0.29, 0.717) is 23.4 Å². The lowest BCUT2D eigenvalue weighted by molar-refractivity contribution is -0.189. The molecule has 0 radical (unpaired) electrons. The van der Waals surface area contributed by atoms with Crippen molar-refractivity contribution in [3.63, 3.8) is 0 Å². The van der Waals surface area contributed by atoms with Crippen molar-refractivity contribution >= 4 is 53.3 Å². The molecule has 302 valence electrons. The van der Waals surface area contributed by atoms with Gasteiger partial charge in [0.1, 0.15) is 12.4 Å². The molecular formula is C46H46N4O8Si. The number of benzene rings is 3. The van der Waals surface area contributed by atoms with E-state index in [2.05, 4.69) is 80.3 Å². The van der Waals surface area contributed by atoms with Crippen LogP contribution in [0.25, 0.3) is 22.3 Å². The second-order valence-corrected chi connectivity index (χ2v) is 20.8. The van der Waals surface area contributed by atoms with Crippen molar-refractivity contribution in [2.75, 3.05) is 20.6 Å². The van der Waals surface area contributed by atoms with E-state index in [0.717, 1.165) is 49.7 Å². The number of imide groups is 1. The number of ether oxygens (including phenoxy) is 2. The van der Waals surface area contributed by atoms with Gasteiger partial charge in [0, 0.05) is 47.3 Å². The van der Waals surface area contributed by atoms with E-state index >= 15 is 0 Å². The molecule has 0 spiro atoms. The van der Waals surface area contributed by atoms with Gasteiger partial charge in [-0.3, -0.25) is 24.1 Å². The zero-order valence-corrected chi connectivity index (χ0v) is 35.0. The third kappa shape index (κ3) is 6.58. The number of aromatic nitrogens is 2. The van der Waals surface area contributed by atoms with Gasteiger partial charge in [0.2, 0.25) is 5.60 Å². The highest BCUT2D eigenvalue weighted by molar-refractivity contribution is 7.00. The van der Waals surface area contributed by atoms with Crippen molar-refractivity contribution in [2.24, 2.45) is 0 Å². The third-order valence-corrected chi connectivity index (χ3v) is 16.5. The molecule has 0 bridgehead atoms. The highest BCUT2D eigenvalue weighted by atomic mass is 28.4. The molecule has 1 unspecified atom stereocenters. The average molecular weight is 811 g/mol. The summed E-state index contributed by atoms with van der Waals surface area (Å²) in [6.07, 6.45) is 1.90. The lowest BCUT2D eigenvalue weighted by Crippen LogP contribution is -2.68. The summed E-state index contributed by atoms with van der Waals surface area (Å²) < 4.78 is 20.6. The number of hydrogen-bond acceptors (Lipinski definition) is 10. The maximum absolute atomic E-state index is 14.3. The molecule has 0 saturated heterocycles. The van der Waals surface area contributed by atoms with Crippen LogP contribution in [0.3, 0.4) is 0 Å². The fraction of sp³-hybridized carbons (Fsp3) is 0.304. The Hall–Kier alpha value is -6.18. The summed E-state index contributed by atoms with van der Waals surface area (Å²) in [6, 6.07) is 28.8. The fourth-order valence-corrected chi connectivity index (χ4v) is 13.2. The Kier molecular flexibility index (Phi) is 10.00. The SMILES string of the molecule is CCC1(OC(=O)CCN2C(=O)C=CC2=O)C(=O)OCc2c1cc1n(c2=O)Cc2cc3c(CN(C)C)c(O[Si](c4ccccc4)(c4ccccc4)C(C)(C)C)ccc3nc2-1. The van der Waals surface area contributed by atoms with Crippen LogP contribution in [0, 0.1) is 0 Å². The Morgan fingerprint density at radius 2 is 1.56 bits per heavy atom. The van der Waals surface area contributed by atoms with Crippen LogP contribution < -0.4 is 20.4 Å². The van der Waals surface area contributed by atoms with Crippen LogP contribution in [0.2, 0.25) is 5.04 Å². The lowest BCUT2D eigenvalue weighted by atomic mass is 9.85. The molecule has 8 rings (SSSR count). The standard InChI is InChI=1S/C46H46N4O8Si/c1-7-46(57-41(53)22-23-49-39(51)20-21-40(49)52)35-25-37-42-29(26-50(37)43(54)34(35)28-56-44(46)55)24-32-33(27-48(5)6)38(19-18-36(32)47-42)58-59(45(2,3)4,30-14-10-8-11-15-30)31-16-12-9-13-17-31/h8-21,24-25H,7,22-23,26-28H2,1-6H3. The molecule has 5 aromatic rings. The molecule has 0 saturated carbocycles. The van der Waals surface area contributed by atoms with Gasteiger partial charge in [-0.05, 0) is 60.2 Å². The molecular weight excluding hydrogens is 765 g/mol. The number of amides is 2. The topological polar surface area (TPSA) is 137 Å². The molecule has 2 aromatic heterocycles. The van der Waals surface area contributed by atoms with Gasteiger partial charge < -0.3 is 23.4 Å². The lowest BCUT2D eigenvalue weighted by Gasteiger charge is -2.43. The molecule has 3 aliphatic heterocycles. The quantitative estimate of drug-likeness (QED) is 0.101. The smallest absolute Gasteiger partial charge is 0.355 e. The largest absolute Gasteiger partial charge is 0.534 e. The first-order valence-electron chi connectivity index (χ1n) is 19.8. The number of pyridine rings is 2. The molecule has 3 aliphatic rings. The first-order chi connectivity index (χ1) is 28.2. The van der Waals surface area contributed by atoms with Crippen molar-refractivity contribution in [3.8, 4) is 17.1 Å². The minimum atomic E-state index is -3.00. The first kappa shape index (κ1) is 39.6. The number of nitrogens with zero attached hydrogens (tertiary/aromatic N) is 4. The average Bonchev–Trinajstić information content (AvgIpc) is 3.74. The fourth-order valence-electron chi connectivity index (χ4n) is 8.74. The minimum absolute atomic E-state index is 0.0173. The number of carbonyl (C=O) groups is 4. The van der Waals surface area contributed by atoms with Crippen LogP contribution in [0.4, 0.5) is 0 Å². The zero-order valence-electron chi connectivity index (χ0n) is 34.0. The second-order valence-electron chi connectivity index (χ2n) is 16.6. The van der Waals surface area contributed by atoms with Gasteiger partial charge in [-0.25, -0.2) is 9.78 Å². The van der Waals surface area contributed by atoms with E-state index < -0.39 is 37.7 Å². The van der Waals surface area contributed by atoms with E-state index in [4.69, 9.17) is 18.9 Å². The number of fused-ring (bicyclic) bond motifs is 5. The highest BCUT2D eigenvalue weighted by Crippen LogP contribution is 2.43. The number of rotatable bonds is 11. The number of carbonyl (C=O) groups excluding carboxylic acids is 4. The summed E-state index contributed by atoms with van der Waals surface area (Å²) in [5.74, 6) is -1.92. The second kappa shape index (κ2) is 14.9. The van der Waals surface area contributed by atoms with Gasteiger partial charge in [-0.1, -0.05) is 88.4 Å². The molecule has 0 fully saturated rings. The Morgan fingerprint density at radius 1 is 0.915 bits per heavy atom. The molecule has 13 heteroatoms. The van der Waals surface area contributed by atoms with Crippen molar-refractivity contribution in [1.29, 1.82) is 0 Å². The molecule has 0 N–H and O–H groups in total. The summed E-state index contributed by atoms with van der Waals surface area (Å²) in [5.41, 5.74) is 1.76. The van der Waals surface area contributed by atoms with Crippen LogP contribution in [0.1, 0.15) is 62.8 Å². The Labute approximate surface area is 343 Å². The molecule has 2 amide bonds. The summed E-state index contributed by atoms with van der Waals surface area (Å²) in [6.45, 7) is 8.71. The van der Waals surface area contributed by atoms with E-state index in [-0.39, 0.29) is 54.3 Å². The van der Waals surface area contributed by atoms with Gasteiger partial charge in [0.25, 0.3) is 17.4 Å². The molecule has 12 nitrogen and oxygen atoms in total. The van der Waals surface area contributed by atoms with Crippen LogP contribution in [0.5, 0.6) is 5.75 Å². The number of esters is 2. The van der Waals surface area contributed by atoms with E-state index in [9.17, 15) is 24.0 Å². The van der Waals surface area contributed by atoms with Crippen LogP contribution in [0.15, 0.2) is 102 Å². The molecule has 59 heavy (non-hydrogen) atoms. The van der Waals surface area contributed by atoms with E-state index in [1.54, 1.807) is 17.6 Å². The van der Waals surface area contributed by atoms with Crippen molar-refractivity contribution in [2.45, 2.75) is 70.9 Å². The third-order valence-electron chi connectivity index (χ3n) is 11.6. The summed E-state index contributed by atoms with van der Waals surface area (Å²) in [7, 11) is 1.03. The Morgan fingerprint density at radius 3 is 2.15 bits per heavy atom. The van der Waals surface area contributed by atoms with Crippen LogP contribution in [-0.4, -0.2) is 72.1 Å². The molecule has 1 atom stereocenters. The van der Waals surface area contributed by atoms with Gasteiger partial charge in [-0.15, -0.1) is 0 Å². The van der Waals surface area contributed by atoms with Crippen LogP contribution >= 0.6 is 0 Å². The highest BCUT2D eigenvalue weighted by Gasteiger charge is 2.53.